The number of aliphatic hydroxyl groups is 8. The van der Waals surface area contributed by atoms with E-state index in [0.717, 1.165) is 0 Å². The molecule has 1 saturated heterocycles. The zero-order valence-corrected chi connectivity index (χ0v) is 12.3. The topological polar surface area (TPSA) is 180 Å². The Morgan fingerprint density at radius 3 is 1.91 bits per heavy atom. The predicted octanol–water partition coefficient (Wildman–Crippen LogP) is -4.73. The Bertz CT molecular complexity index is 344. The Labute approximate surface area is 132 Å². The van der Waals surface area contributed by atoms with Crippen molar-refractivity contribution in [1.29, 1.82) is 0 Å². The minimum Gasteiger partial charge on any atom is -0.396 e. The van der Waals surface area contributed by atoms with Gasteiger partial charge in [-0.1, -0.05) is 0 Å². The molecule has 136 valence electrons. The molecule has 0 spiro atoms. The minimum absolute atomic E-state index is 0.0229. The summed E-state index contributed by atoms with van der Waals surface area (Å²) >= 11 is 0. The fraction of sp³-hybridized carbons (Fsp3) is 1.00. The van der Waals surface area contributed by atoms with Crippen LogP contribution in [0.3, 0.4) is 0 Å². The lowest BCUT2D eigenvalue weighted by Crippen LogP contribution is -2.62. The summed E-state index contributed by atoms with van der Waals surface area (Å²) in [6.45, 7) is -1.07. The first-order chi connectivity index (χ1) is 10.8. The first kappa shape index (κ1) is 18.9. The van der Waals surface area contributed by atoms with Gasteiger partial charge in [-0.05, 0) is 6.42 Å². The van der Waals surface area contributed by atoms with E-state index in [1.54, 1.807) is 0 Å². The summed E-state index contributed by atoms with van der Waals surface area (Å²) in [6, 6.07) is 0. The maximum Gasteiger partial charge on any atom is 0.187 e. The molecule has 1 aliphatic carbocycles. The van der Waals surface area contributed by atoms with E-state index in [-0.39, 0.29) is 6.42 Å². The van der Waals surface area contributed by atoms with Crippen LogP contribution >= 0.6 is 0 Å². The molecule has 0 aromatic rings. The summed E-state index contributed by atoms with van der Waals surface area (Å²) in [4.78, 5) is 0. The average Bonchev–Trinajstić information content (AvgIpc) is 2.55. The molecule has 10 nitrogen and oxygen atoms in total. The molecule has 0 radical (unpaired) electrons. The molecule has 10 heteroatoms. The van der Waals surface area contributed by atoms with Crippen LogP contribution < -0.4 is 0 Å². The van der Waals surface area contributed by atoms with Crippen molar-refractivity contribution < 1.29 is 50.3 Å². The first-order valence-electron chi connectivity index (χ1n) is 7.42. The van der Waals surface area contributed by atoms with Crippen LogP contribution in [0.4, 0.5) is 0 Å². The number of rotatable bonds is 4. The molecule has 10 atom stereocenters. The lowest BCUT2D eigenvalue weighted by Gasteiger charge is -2.44. The monoisotopic (exact) mass is 340 g/mol. The summed E-state index contributed by atoms with van der Waals surface area (Å²) in [5.74, 6) is -0.747. The molecule has 1 heterocycles. The third kappa shape index (κ3) is 3.66. The lowest BCUT2D eigenvalue weighted by molar-refractivity contribution is -0.326. The van der Waals surface area contributed by atoms with Crippen molar-refractivity contribution >= 4 is 0 Å². The summed E-state index contributed by atoms with van der Waals surface area (Å²) in [6.07, 6.45) is -12.9. The van der Waals surface area contributed by atoms with Gasteiger partial charge in [-0.25, -0.2) is 0 Å². The van der Waals surface area contributed by atoms with Crippen LogP contribution in [-0.4, -0.2) is 109 Å². The highest BCUT2D eigenvalue weighted by Crippen LogP contribution is 2.31. The van der Waals surface area contributed by atoms with Crippen molar-refractivity contribution in [2.45, 2.75) is 61.5 Å². The molecule has 23 heavy (non-hydrogen) atoms. The van der Waals surface area contributed by atoms with Gasteiger partial charge in [-0.15, -0.1) is 0 Å². The van der Waals surface area contributed by atoms with Crippen molar-refractivity contribution in [2.75, 3.05) is 13.2 Å². The van der Waals surface area contributed by atoms with Crippen molar-refractivity contribution in [1.82, 2.24) is 0 Å². The molecule has 0 amide bonds. The van der Waals surface area contributed by atoms with Crippen LogP contribution in [0.5, 0.6) is 0 Å². The third-order valence-electron chi connectivity index (χ3n) is 4.49. The second-order valence-electron chi connectivity index (χ2n) is 6.02. The number of hydrogen-bond acceptors (Lipinski definition) is 10. The largest absolute Gasteiger partial charge is 0.396 e. The van der Waals surface area contributed by atoms with E-state index in [2.05, 4.69) is 0 Å². The third-order valence-corrected chi connectivity index (χ3v) is 4.49. The van der Waals surface area contributed by atoms with Gasteiger partial charge in [-0.3, -0.25) is 0 Å². The molecule has 2 aliphatic rings. The van der Waals surface area contributed by atoms with Gasteiger partial charge in [0, 0.05) is 12.5 Å². The summed E-state index contributed by atoms with van der Waals surface area (Å²) < 4.78 is 10.5. The summed E-state index contributed by atoms with van der Waals surface area (Å²) in [5, 5.41) is 77.1. The Hall–Kier alpha value is -0.400. The number of hydrogen-bond donors (Lipinski definition) is 8. The van der Waals surface area contributed by atoms with Crippen LogP contribution in [0.2, 0.25) is 0 Å². The van der Waals surface area contributed by atoms with E-state index in [1.165, 1.54) is 0 Å². The summed E-state index contributed by atoms with van der Waals surface area (Å²) in [5.41, 5.74) is 0. The van der Waals surface area contributed by atoms with E-state index in [1.807, 2.05) is 0 Å². The van der Waals surface area contributed by atoms with E-state index in [4.69, 9.17) is 14.6 Å². The molecule has 5 unspecified atom stereocenters. The van der Waals surface area contributed by atoms with Crippen LogP contribution in [0.1, 0.15) is 6.42 Å². The highest BCUT2D eigenvalue weighted by atomic mass is 16.7. The Morgan fingerprint density at radius 1 is 0.739 bits per heavy atom. The van der Waals surface area contributed by atoms with Crippen molar-refractivity contribution in [2.24, 2.45) is 5.92 Å². The lowest BCUT2D eigenvalue weighted by atomic mass is 9.81. The fourth-order valence-corrected chi connectivity index (χ4v) is 2.95. The minimum atomic E-state index is -1.64. The Balaban J connectivity index is 2.07. The van der Waals surface area contributed by atoms with Gasteiger partial charge in [0.2, 0.25) is 0 Å². The molecule has 1 aliphatic heterocycles. The SMILES string of the molecule is OCC1C[C@H](OC2OC(CO)[C@@H](O)[C@H](O)[C@@H]2O)C(O)C(O)[C@@H]1O. The van der Waals surface area contributed by atoms with E-state index >= 15 is 0 Å². The Kier molecular flexibility index (Phi) is 6.30. The second kappa shape index (κ2) is 7.66. The molecule has 2 rings (SSSR count). The highest BCUT2D eigenvalue weighted by molar-refractivity contribution is 4.95. The normalized spacial score (nSPS) is 51.7. The van der Waals surface area contributed by atoms with E-state index in [0.29, 0.717) is 0 Å². The number of aliphatic hydroxyl groups excluding tert-OH is 8. The maximum absolute atomic E-state index is 9.96. The van der Waals surface area contributed by atoms with E-state index in [9.17, 15) is 35.7 Å². The van der Waals surface area contributed by atoms with Gasteiger partial charge < -0.3 is 50.3 Å². The first-order valence-corrected chi connectivity index (χ1v) is 7.42. The maximum atomic E-state index is 9.96. The quantitative estimate of drug-likeness (QED) is 0.247. The Morgan fingerprint density at radius 2 is 1.35 bits per heavy atom. The zero-order chi connectivity index (χ0) is 17.3. The zero-order valence-electron chi connectivity index (χ0n) is 12.3. The van der Waals surface area contributed by atoms with Gasteiger partial charge >= 0.3 is 0 Å². The van der Waals surface area contributed by atoms with Gasteiger partial charge in [0.05, 0.1) is 18.8 Å². The van der Waals surface area contributed by atoms with Gasteiger partial charge in [-0.2, -0.15) is 0 Å². The number of ether oxygens (including phenoxy) is 2. The van der Waals surface area contributed by atoms with Gasteiger partial charge in [0.25, 0.3) is 0 Å². The van der Waals surface area contributed by atoms with Crippen LogP contribution in [0.15, 0.2) is 0 Å². The molecular formula is C13H24O10. The van der Waals surface area contributed by atoms with Crippen LogP contribution in [0.25, 0.3) is 0 Å². The average molecular weight is 340 g/mol. The van der Waals surface area contributed by atoms with Crippen molar-refractivity contribution in [3.05, 3.63) is 0 Å². The highest BCUT2D eigenvalue weighted by Gasteiger charge is 2.48. The van der Waals surface area contributed by atoms with Crippen LogP contribution in [-0.2, 0) is 9.47 Å². The van der Waals surface area contributed by atoms with Crippen LogP contribution in [0, 0.1) is 5.92 Å². The van der Waals surface area contributed by atoms with Crippen molar-refractivity contribution in [3.8, 4) is 0 Å². The molecule has 0 aromatic heterocycles. The van der Waals surface area contributed by atoms with Gasteiger partial charge in [0.15, 0.2) is 6.29 Å². The second-order valence-corrected chi connectivity index (χ2v) is 6.02. The molecule has 2 fully saturated rings. The van der Waals surface area contributed by atoms with E-state index < -0.39 is 74.3 Å². The molecule has 0 bridgehead atoms. The predicted molar refractivity (Wildman–Crippen MR) is 71.9 cm³/mol. The molecular weight excluding hydrogens is 316 g/mol. The molecule has 0 aromatic carbocycles. The van der Waals surface area contributed by atoms with Gasteiger partial charge in [0.1, 0.15) is 36.6 Å². The molecule has 1 saturated carbocycles. The fourth-order valence-electron chi connectivity index (χ4n) is 2.95. The molecule has 8 N–H and O–H groups in total. The summed E-state index contributed by atoms with van der Waals surface area (Å²) in [7, 11) is 0. The van der Waals surface area contributed by atoms with Crippen molar-refractivity contribution in [3.63, 3.8) is 0 Å². The smallest absolute Gasteiger partial charge is 0.187 e. The standard InChI is InChI=1S/C13H24O10/c14-2-4-1-5(8(17)10(19)7(4)16)22-13-12(21)11(20)9(18)6(3-15)23-13/h4-21H,1-3H2/t4?,5-,6?,7+,8?,9+,10?,11-,12-,13?/m0/s1.